The van der Waals surface area contributed by atoms with Gasteiger partial charge in [0, 0.05) is 13.7 Å². The molecule has 0 radical (unpaired) electrons. The summed E-state index contributed by atoms with van der Waals surface area (Å²) in [5.41, 5.74) is 0. The molecule has 3 N–H and O–H groups in total. The van der Waals surface area contributed by atoms with Crippen molar-refractivity contribution in [2.45, 2.75) is 62.8 Å². The maximum Gasteiger partial charge on any atom is 0.237 e. The van der Waals surface area contributed by atoms with Crippen molar-refractivity contribution in [2.24, 2.45) is 0 Å². The van der Waals surface area contributed by atoms with E-state index in [2.05, 4.69) is 10.6 Å². The largest absolute Gasteiger partial charge is 0.391 e. The van der Waals surface area contributed by atoms with Crippen molar-refractivity contribution in [3.8, 4) is 0 Å². The van der Waals surface area contributed by atoms with E-state index in [4.69, 9.17) is 4.74 Å². The van der Waals surface area contributed by atoms with Gasteiger partial charge in [0.1, 0.15) is 0 Å². The van der Waals surface area contributed by atoms with Gasteiger partial charge in [-0.2, -0.15) is 0 Å². The molecule has 1 aliphatic heterocycles. The molecular weight excluding hydrogens is 232 g/mol. The Labute approximate surface area is 108 Å². The molecule has 2 aliphatic rings. The Kier molecular flexibility index (Phi) is 4.97. The lowest BCUT2D eigenvalue weighted by atomic mass is 10.1. The molecule has 0 aromatic carbocycles. The lowest BCUT2D eigenvalue weighted by Gasteiger charge is -2.23. The van der Waals surface area contributed by atoms with Gasteiger partial charge < -0.3 is 20.5 Å². The Hall–Kier alpha value is -0.650. The van der Waals surface area contributed by atoms with Crippen molar-refractivity contribution in [1.82, 2.24) is 10.6 Å². The molecule has 4 atom stereocenters. The van der Waals surface area contributed by atoms with Crippen LogP contribution >= 0.6 is 0 Å². The molecule has 1 saturated carbocycles. The standard InChI is InChI=1S/C13H24N2O3/c1-18-9-7-11(14-8-9)13(17)15-10-5-3-2-4-6-12(10)16/h9-12,14,16H,2-8H2,1H3,(H,15,17). The molecule has 2 rings (SSSR count). The van der Waals surface area contributed by atoms with E-state index >= 15 is 0 Å². The molecule has 1 aliphatic carbocycles. The molecule has 0 aromatic rings. The van der Waals surface area contributed by atoms with Gasteiger partial charge in [-0.25, -0.2) is 0 Å². The lowest BCUT2D eigenvalue weighted by Crippen LogP contribution is -2.49. The number of hydrogen-bond donors (Lipinski definition) is 3. The van der Waals surface area contributed by atoms with Gasteiger partial charge in [0.15, 0.2) is 0 Å². The summed E-state index contributed by atoms with van der Waals surface area (Å²) in [6.45, 7) is 0.724. The minimum absolute atomic E-state index is 0.000463. The van der Waals surface area contributed by atoms with E-state index in [0.29, 0.717) is 6.42 Å². The van der Waals surface area contributed by atoms with Crippen LogP contribution in [0.2, 0.25) is 0 Å². The topological polar surface area (TPSA) is 70.6 Å². The average Bonchev–Trinajstić information content (AvgIpc) is 2.77. The molecule has 0 spiro atoms. The lowest BCUT2D eigenvalue weighted by molar-refractivity contribution is -0.124. The summed E-state index contributed by atoms with van der Waals surface area (Å²) in [7, 11) is 1.67. The van der Waals surface area contributed by atoms with Crippen LogP contribution in [0.3, 0.4) is 0 Å². The van der Waals surface area contributed by atoms with Crippen LogP contribution < -0.4 is 10.6 Å². The number of ether oxygens (including phenoxy) is 1. The molecule has 1 amide bonds. The zero-order valence-electron chi connectivity index (χ0n) is 11.0. The molecule has 5 nitrogen and oxygen atoms in total. The van der Waals surface area contributed by atoms with Crippen molar-refractivity contribution in [2.75, 3.05) is 13.7 Å². The third-order valence-corrected chi connectivity index (χ3v) is 4.05. The Bertz CT molecular complexity index is 285. The summed E-state index contributed by atoms with van der Waals surface area (Å²) in [6.07, 6.45) is 5.41. The molecule has 18 heavy (non-hydrogen) atoms. The Morgan fingerprint density at radius 3 is 2.83 bits per heavy atom. The quantitative estimate of drug-likeness (QED) is 0.630. The smallest absolute Gasteiger partial charge is 0.237 e. The van der Waals surface area contributed by atoms with Crippen LogP contribution in [0.25, 0.3) is 0 Å². The fraction of sp³-hybridized carbons (Fsp3) is 0.923. The first kappa shape index (κ1) is 13.8. The predicted octanol–water partition coefficient (Wildman–Crippen LogP) is 0.173. The highest BCUT2D eigenvalue weighted by Gasteiger charge is 2.32. The highest BCUT2D eigenvalue weighted by Crippen LogP contribution is 2.18. The van der Waals surface area contributed by atoms with E-state index in [0.717, 1.165) is 38.6 Å². The molecule has 0 bridgehead atoms. The summed E-state index contributed by atoms with van der Waals surface area (Å²) in [6, 6.07) is -0.256. The van der Waals surface area contributed by atoms with Gasteiger partial charge in [0.2, 0.25) is 5.91 Å². The van der Waals surface area contributed by atoms with Gasteiger partial charge in [0.05, 0.1) is 24.3 Å². The third-order valence-electron chi connectivity index (χ3n) is 4.05. The maximum absolute atomic E-state index is 12.1. The molecule has 104 valence electrons. The maximum atomic E-state index is 12.1. The number of aliphatic hydroxyl groups excluding tert-OH is 1. The number of carbonyl (C=O) groups is 1. The molecule has 1 saturated heterocycles. The van der Waals surface area contributed by atoms with E-state index in [1.54, 1.807) is 7.11 Å². The number of nitrogens with one attached hydrogen (secondary N) is 2. The Morgan fingerprint density at radius 2 is 2.11 bits per heavy atom. The summed E-state index contributed by atoms with van der Waals surface area (Å²) in [5, 5.41) is 16.1. The average molecular weight is 256 g/mol. The zero-order chi connectivity index (χ0) is 13.0. The first-order valence-corrected chi connectivity index (χ1v) is 6.95. The van der Waals surface area contributed by atoms with E-state index in [1.165, 1.54) is 0 Å². The predicted molar refractivity (Wildman–Crippen MR) is 68.2 cm³/mol. The number of rotatable bonds is 3. The summed E-state index contributed by atoms with van der Waals surface area (Å²) >= 11 is 0. The molecule has 0 aromatic heterocycles. The second kappa shape index (κ2) is 6.50. The normalized spacial score (nSPS) is 37.2. The summed E-state index contributed by atoms with van der Waals surface area (Å²) in [4.78, 5) is 12.1. The van der Waals surface area contributed by atoms with Gasteiger partial charge in [0.25, 0.3) is 0 Å². The summed E-state index contributed by atoms with van der Waals surface area (Å²) in [5.74, 6) is 0.000463. The Balaban J connectivity index is 1.82. The van der Waals surface area contributed by atoms with E-state index in [1.807, 2.05) is 0 Å². The van der Waals surface area contributed by atoms with Crippen LogP contribution in [0.4, 0.5) is 0 Å². The number of amides is 1. The molecule has 4 unspecified atom stereocenters. The van der Waals surface area contributed by atoms with Crippen molar-refractivity contribution in [3.05, 3.63) is 0 Å². The van der Waals surface area contributed by atoms with Crippen LogP contribution in [0, 0.1) is 0 Å². The molecular formula is C13H24N2O3. The van der Waals surface area contributed by atoms with Gasteiger partial charge in [-0.05, 0) is 19.3 Å². The minimum Gasteiger partial charge on any atom is -0.391 e. The highest BCUT2D eigenvalue weighted by molar-refractivity contribution is 5.82. The van der Waals surface area contributed by atoms with Gasteiger partial charge in [-0.3, -0.25) is 4.79 Å². The van der Waals surface area contributed by atoms with Crippen LogP contribution in [0.1, 0.15) is 38.5 Å². The highest BCUT2D eigenvalue weighted by atomic mass is 16.5. The van der Waals surface area contributed by atoms with Crippen molar-refractivity contribution in [1.29, 1.82) is 0 Å². The first-order chi connectivity index (χ1) is 8.70. The SMILES string of the molecule is COC1CNC(C(=O)NC2CCCCCC2O)C1. The first-order valence-electron chi connectivity index (χ1n) is 6.95. The van der Waals surface area contributed by atoms with Crippen LogP contribution in [-0.4, -0.2) is 49.0 Å². The molecule has 5 heteroatoms. The molecule has 2 fully saturated rings. The van der Waals surface area contributed by atoms with E-state index in [-0.39, 0.29) is 24.1 Å². The Morgan fingerprint density at radius 1 is 1.33 bits per heavy atom. The number of carbonyl (C=O) groups excluding carboxylic acids is 1. The fourth-order valence-electron chi connectivity index (χ4n) is 2.82. The monoisotopic (exact) mass is 256 g/mol. The number of hydrogen-bond acceptors (Lipinski definition) is 4. The van der Waals surface area contributed by atoms with E-state index in [9.17, 15) is 9.90 Å². The van der Waals surface area contributed by atoms with E-state index < -0.39 is 6.10 Å². The zero-order valence-corrected chi connectivity index (χ0v) is 11.0. The van der Waals surface area contributed by atoms with Crippen LogP contribution in [0.15, 0.2) is 0 Å². The van der Waals surface area contributed by atoms with Gasteiger partial charge in [-0.15, -0.1) is 0 Å². The van der Waals surface area contributed by atoms with Gasteiger partial charge >= 0.3 is 0 Å². The number of methoxy groups -OCH3 is 1. The van der Waals surface area contributed by atoms with Crippen LogP contribution in [0.5, 0.6) is 0 Å². The van der Waals surface area contributed by atoms with Crippen molar-refractivity contribution >= 4 is 5.91 Å². The third kappa shape index (κ3) is 3.43. The summed E-state index contributed by atoms with van der Waals surface area (Å²) < 4.78 is 5.23. The van der Waals surface area contributed by atoms with Gasteiger partial charge in [-0.1, -0.05) is 19.3 Å². The van der Waals surface area contributed by atoms with Crippen molar-refractivity contribution < 1.29 is 14.6 Å². The van der Waals surface area contributed by atoms with Crippen LogP contribution in [-0.2, 0) is 9.53 Å². The fourth-order valence-corrected chi connectivity index (χ4v) is 2.82. The second-order valence-electron chi connectivity index (χ2n) is 5.37. The van der Waals surface area contributed by atoms with Crippen molar-refractivity contribution in [3.63, 3.8) is 0 Å². The second-order valence-corrected chi connectivity index (χ2v) is 5.37. The molecule has 1 heterocycles. The number of aliphatic hydroxyl groups is 1. The minimum atomic E-state index is -0.393.